The maximum Gasteiger partial charge on any atom is 0.334 e. The Morgan fingerprint density at radius 2 is 1.88 bits per heavy atom. The van der Waals surface area contributed by atoms with Gasteiger partial charge in [0.05, 0.1) is 27.7 Å². The standard InChI is InChI=1S/C8H16NO2.CH4O4S/c1-5-8(10)11-7-9(3,4)6-2;1-5-6(2,3)4/h5H,1,6-7H2,2-4H3;1H3,(H,2,3,4)/q+1;/p-1. The van der Waals surface area contributed by atoms with E-state index in [1.54, 1.807) is 0 Å². The Morgan fingerprint density at radius 1 is 1.47 bits per heavy atom. The average Bonchev–Trinajstić information content (AvgIpc) is 2.26. The number of hydrogen-bond donors (Lipinski definition) is 0. The average molecular weight is 269 g/mol. The SMILES string of the molecule is C=CC(=O)OC[N+](C)(C)CC.COS(=O)(=O)[O-]. The fourth-order valence-corrected chi connectivity index (χ4v) is 0.389. The summed E-state index contributed by atoms with van der Waals surface area (Å²) in [4.78, 5) is 10.6. The van der Waals surface area contributed by atoms with Crippen LogP contribution in [0.4, 0.5) is 0 Å². The van der Waals surface area contributed by atoms with Crippen molar-refractivity contribution in [3.8, 4) is 0 Å². The Balaban J connectivity index is 0. The molecule has 102 valence electrons. The second-order valence-electron chi connectivity index (χ2n) is 3.62. The van der Waals surface area contributed by atoms with E-state index in [0.717, 1.165) is 13.7 Å². The molecule has 0 heterocycles. The topological polar surface area (TPSA) is 92.7 Å². The van der Waals surface area contributed by atoms with Crippen LogP contribution in [0.15, 0.2) is 12.7 Å². The lowest BCUT2D eigenvalue weighted by molar-refractivity contribution is -0.905. The van der Waals surface area contributed by atoms with Crippen LogP contribution in [0.25, 0.3) is 0 Å². The van der Waals surface area contributed by atoms with E-state index in [-0.39, 0.29) is 5.97 Å². The first-order valence-corrected chi connectivity index (χ1v) is 6.04. The molecule has 0 rings (SSSR count). The van der Waals surface area contributed by atoms with Crippen molar-refractivity contribution >= 4 is 16.4 Å². The van der Waals surface area contributed by atoms with Crippen LogP contribution in [0.2, 0.25) is 0 Å². The fourth-order valence-electron chi connectivity index (χ4n) is 0.389. The van der Waals surface area contributed by atoms with Crippen molar-refractivity contribution in [3.05, 3.63) is 12.7 Å². The first-order valence-electron chi connectivity index (χ1n) is 4.70. The molecular formula is C9H19NO6S. The third-order valence-corrected chi connectivity index (χ3v) is 2.19. The van der Waals surface area contributed by atoms with E-state index in [9.17, 15) is 17.8 Å². The van der Waals surface area contributed by atoms with Crippen LogP contribution in [-0.2, 0) is 24.1 Å². The van der Waals surface area contributed by atoms with Crippen LogP contribution in [-0.4, -0.2) is 57.9 Å². The zero-order valence-corrected chi connectivity index (χ0v) is 11.3. The number of rotatable bonds is 5. The third kappa shape index (κ3) is 15.0. The molecule has 0 aromatic carbocycles. The lowest BCUT2D eigenvalue weighted by Gasteiger charge is -2.26. The highest BCUT2D eigenvalue weighted by atomic mass is 32.3. The van der Waals surface area contributed by atoms with Crippen LogP contribution in [0.1, 0.15) is 6.92 Å². The molecule has 0 amide bonds. The van der Waals surface area contributed by atoms with Gasteiger partial charge in [0.2, 0.25) is 17.1 Å². The van der Waals surface area contributed by atoms with Crippen LogP contribution in [0, 0.1) is 0 Å². The van der Waals surface area contributed by atoms with Crippen molar-refractivity contribution in [2.24, 2.45) is 0 Å². The highest BCUT2D eigenvalue weighted by Gasteiger charge is 2.12. The molecule has 0 aromatic rings. The quantitative estimate of drug-likeness (QED) is 0.172. The van der Waals surface area contributed by atoms with Crippen LogP contribution in [0.5, 0.6) is 0 Å². The predicted molar refractivity (Wildman–Crippen MR) is 60.5 cm³/mol. The molecule has 0 aromatic heterocycles. The maximum atomic E-state index is 10.6. The monoisotopic (exact) mass is 269 g/mol. The van der Waals surface area contributed by atoms with Crippen molar-refractivity contribution in [1.82, 2.24) is 0 Å². The molecule has 0 saturated heterocycles. The minimum Gasteiger partial charge on any atom is -0.726 e. The van der Waals surface area contributed by atoms with E-state index in [0.29, 0.717) is 11.2 Å². The largest absolute Gasteiger partial charge is 0.726 e. The van der Waals surface area contributed by atoms with E-state index in [2.05, 4.69) is 10.8 Å². The van der Waals surface area contributed by atoms with Gasteiger partial charge in [0.15, 0.2) is 0 Å². The van der Waals surface area contributed by atoms with Gasteiger partial charge >= 0.3 is 5.97 Å². The molecular weight excluding hydrogens is 250 g/mol. The second kappa shape index (κ2) is 8.18. The van der Waals surface area contributed by atoms with Gasteiger partial charge in [-0.2, -0.15) is 0 Å². The fraction of sp³-hybridized carbons (Fsp3) is 0.667. The van der Waals surface area contributed by atoms with Crippen molar-refractivity contribution in [3.63, 3.8) is 0 Å². The minimum atomic E-state index is -4.41. The van der Waals surface area contributed by atoms with Gasteiger partial charge in [-0.25, -0.2) is 13.2 Å². The van der Waals surface area contributed by atoms with E-state index in [1.807, 2.05) is 21.0 Å². The molecule has 0 aliphatic heterocycles. The van der Waals surface area contributed by atoms with Crippen molar-refractivity contribution in [1.29, 1.82) is 0 Å². The molecule has 0 bridgehead atoms. The van der Waals surface area contributed by atoms with Crippen LogP contribution < -0.4 is 0 Å². The summed E-state index contributed by atoms with van der Waals surface area (Å²) in [5, 5.41) is 0. The molecule has 7 nitrogen and oxygen atoms in total. The maximum absolute atomic E-state index is 10.6. The van der Waals surface area contributed by atoms with Crippen LogP contribution in [0.3, 0.4) is 0 Å². The molecule has 0 unspecified atom stereocenters. The Morgan fingerprint density at radius 3 is 2.12 bits per heavy atom. The smallest absolute Gasteiger partial charge is 0.334 e. The highest BCUT2D eigenvalue weighted by Crippen LogP contribution is 1.95. The number of carbonyl (C=O) groups excluding carboxylic acids is 1. The summed E-state index contributed by atoms with van der Waals surface area (Å²) in [7, 11) is 0.389. The van der Waals surface area contributed by atoms with Crippen LogP contribution >= 0.6 is 0 Å². The summed E-state index contributed by atoms with van der Waals surface area (Å²) in [5.74, 6) is -0.357. The molecule has 8 heteroatoms. The van der Waals surface area contributed by atoms with Gasteiger partial charge in [0.25, 0.3) is 0 Å². The Bertz CT molecular complexity index is 335. The second-order valence-corrected chi connectivity index (χ2v) is 4.77. The van der Waals surface area contributed by atoms with Gasteiger partial charge in [-0.05, 0) is 6.92 Å². The van der Waals surface area contributed by atoms with Gasteiger partial charge in [-0.15, -0.1) is 0 Å². The summed E-state index contributed by atoms with van der Waals surface area (Å²) in [6.07, 6.45) is 1.18. The zero-order chi connectivity index (χ0) is 14.1. The van der Waals surface area contributed by atoms with E-state index in [4.69, 9.17) is 4.74 Å². The highest BCUT2D eigenvalue weighted by molar-refractivity contribution is 7.80. The molecule has 0 radical (unpaired) electrons. The first kappa shape index (κ1) is 18.4. The van der Waals surface area contributed by atoms with E-state index >= 15 is 0 Å². The Kier molecular flexibility index (Phi) is 8.85. The summed E-state index contributed by atoms with van der Waals surface area (Å²) >= 11 is 0. The van der Waals surface area contributed by atoms with Gasteiger partial charge in [-0.1, -0.05) is 6.58 Å². The molecule has 0 N–H and O–H groups in total. The molecule has 0 spiro atoms. The van der Waals surface area contributed by atoms with Gasteiger partial charge < -0.3 is 9.29 Å². The van der Waals surface area contributed by atoms with Gasteiger partial charge in [0, 0.05) is 6.08 Å². The zero-order valence-electron chi connectivity index (χ0n) is 10.5. The lowest BCUT2D eigenvalue weighted by Crippen LogP contribution is -2.41. The van der Waals surface area contributed by atoms with Crippen molar-refractivity contribution < 1.29 is 31.2 Å². The summed E-state index contributed by atoms with van der Waals surface area (Å²) in [6.45, 7) is 6.69. The van der Waals surface area contributed by atoms with Crippen molar-refractivity contribution in [2.45, 2.75) is 6.92 Å². The van der Waals surface area contributed by atoms with Gasteiger partial charge in [-0.3, -0.25) is 8.67 Å². The minimum absolute atomic E-state index is 0.357. The molecule has 0 aliphatic carbocycles. The number of carbonyl (C=O) groups is 1. The Labute approximate surface area is 102 Å². The molecule has 0 fully saturated rings. The van der Waals surface area contributed by atoms with E-state index < -0.39 is 10.4 Å². The molecule has 0 saturated carbocycles. The number of esters is 1. The third-order valence-electron chi connectivity index (χ3n) is 1.78. The number of quaternary nitrogens is 1. The molecule has 17 heavy (non-hydrogen) atoms. The molecule has 0 atom stereocenters. The first-order chi connectivity index (χ1) is 7.58. The number of hydrogen-bond acceptors (Lipinski definition) is 6. The summed E-state index contributed by atoms with van der Waals surface area (Å²) in [5.41, 5.74) is 0. The number of nitrogens with zero attached hydrogens (tertiary/aromatic N) is 1. The summed E-state index contributed by atoms with van der Waals surface area (Å²) < 4.78 is 36.6. The molecule has 0 aliphatic rings. The number of ether oxygens (including phenoxy) is 1. The van der Waals surface area contributed by atoms with Crippen molar-refractivity contribution in [2.75, 3.05) is 34.5 Å². The summed E-state index contributed by atoms with van der Waals surface area (Å²) in [6, 6.07) is 0. The Hall–Kier alpha value is -0.960. The predicted octanol–water partition coefficient (Wildman–Crippen LogP) is -0.138. The van der Waals surface area contributed by atoms with Gasteiger partial charge in [0.1, 0.15) is 0 Å². The lowest BCUT2D eigenvalue weighted by atomic mass is 10.5. The van der Waals surface area contributed by atoms with E-state index in [1.165, 1.54) is 6.08 Å². The normalized spacial score (nSPS) is 11.1.